The van der Waals surface area contributed by atoms with Gasteiger partial charge in [0.05, 0.1) is 0 Å². The van der Waals surface area contributed by atoms with Gasteiger partial charge < -0.3 is 20.1 Å². The first kappa shape index (κ1) is 17.4. The molecular weight excluding hydrogens is 328 g/mol. The molecule has 0 aliphatic heterocycles. The first-order valence-electron chi connectivity index (χ1n) is 8.28. The van der Waals surface area contributed by atoms with Crippen molar-refractivity contribution >= 4 is 0 Å². The Kier molecular flexibility index (Phi) is 5.13. The van der Waals surface area contributed by atoms with Gasteiger partial charge >= 0.3 is 0 Å². The van der Waals surface area contributed by atoms with E-state index in [0.29, 0.717) is 17.9 Å². The standard InChI is InChI=1S/C22H20O4/c1-2-3-12-26-22-14-19(15-4-8-17(23)9-5-15)21(25)13-20(22)16-6-10-18(24)11-7-16/h2-11,13-14,23-25H,12H2,1H3/b3-2+. The maximum atomic E-state index is 10.5. The van der Waals surface area contributed by atoms with Crippen molar-refractivity contribution in [3.63, 3.8) is 0 Å². The minimum absolute atomic E-state index is 0.108. The number of aromatic hydroxyl groups is 3. The van der Waals surface area contributed by atoms with E-state index in [1.54, 1.807) is 60.7 Å². The van der Waals surface area contributed by atoms with Crippen LogP contribution in [0.3, 0.4) is 0 Å². The Balaban J connectivity index is 2.09. The molecule has 4 nitrogen and oxygen atoms in total. The normalized spacial score (nSPS) is 11.0. The second-order valence-corrected chi connectivity index (χ2v) is 5.84. The number of hydrogen-bond acceptors (Lipinski definition) is 4. The minimum atomic E-state index is 0.108. The Hall–Kier alpha value is -3.40. The van der Waals surface area contributed by atoms with Gasteiger partial charge in [0, 0.05) is 11.1 Å². The zero-order valence-corrected chi connectivity index (χ0v) is 14.4. The summed E-state index contributed by atoms with van der Waals surface area (Å²) in [5.41, 5.74) is 2.94. The highest BCUT2D eigenvalue weighted by Gasteiger charge is 2.14. The summed E-state index contributed by atoms with van der Waals surface area (Å²) in [4.78, 5) is 0. The number of hydrogen-bond donors (Lipinski definition) is 3. The first-order valence-corrected chi connectivity index (χ1v) is 8.28. The molecule has 132 valence electrons. The lowest BCUT2D eigenvalue weighted by atomic mass is 9.98. The van der Waals surface area contributed by atoms with E-state index in [0.717, 1.165) is 16.7 Å². The number of phenols is 3. The van der Waals surface area contributed by atoms with Gasteiger partial charge in [0.2, 0.25) is 0 Å². The van der Waals surface area contributed by atoms with Crippen molar-refractivity contribution in [1.29, 1.82) is 0 Å². The summed E-state index contributed by atoms with van der Waals surface area (Å²) in [6.45, 7) is 2.32. The predicted octanol–water partition coefficient (Wildman–Crippen LogP) is 5.09. The van der Waals surface area contributed by atoms with E-state index in [1.165, 1.54) is 0 Å². The van der Waals surface area contributed by atoms with Gasteiger partial charge in [-0.1, -0.05) is 36.4 Å². The lowest BCUT2D eigenvalue weighted by Gasteiger charge is -2.15. The number of phenolic OH excluding ortho intramolecular Hbond substituents is 3. The summed E-state index contributed by atoms with van der Waals surface area (Å²) in [5.74, 6) is 1.07. The first-order chi connectivity index (χ1) is 12.6. The van der Waals surface area contributed by atoms with Crippen molar-refractivity contribution < 1.29 is 20.1 Å². The third-order valence-electron chi connectivity index (χ3n) is 4.03. The highest BCUT2D eigenvalue weighted by molar-refractivity contribution is 5.81. The molecule has 4 heteroatoms. The Morgan fingerprint density at radius 1 is 0.769 bits per heavy atom. The molecule has 0 aromatic heterocycles. The average Bonchev–Trinajstić information content (AvgIpc) is 2.64. The fourth-order valence-electron chi connectivity index (χ4n) is 2.66. The Labute approximate surface area is 152 Å². The van der Waals surface area contributed by atoms with Crippen LogP contribution in [-0.4, -0.2) is 21.9 Å². The molecular formula is C22H20O4. The van der Waals surface area contributed by atoms with Crippen LogP contribution >= 0.6 is 0 Å². The third kappa shape index (κ3) is 3.81. The molecule has 0 amide bonds. The van der Waals surface area contributed by atoms with Crippen LogP contribution < -0.4 is 4.74 Å². The van der Waals surface area contributed by atoms with Crippen LogP contribution in [-0.2, 0) is 0 Å². The predicted molar refractivity (Wildman–Crippen MR) is 103 cm³/mol. The third-order valence-corrected chi connectivity index (χ3v) is 4.03. The molecule has 0 aliphatic rings. The van der Waals surface area contributed by atoms with Crippen LogP contribution in [0.1, 0.15) is 6.92 Å². The topological polar surface area (TPSA) is 69.9 Å². The van der Waals surface area contributed by atoms with Gasteiger partial charge in [-0.25, -0.2) is 0 Å². The summed E-state index contributed by atoms with van der Waals surface area (Å²) >= 11 is 0. The fraction of sp³-hybridized carbons (Fsp3) is 0.0909. The monoisotopic (exact) mass is 348 g/mol. The Morgan fingerprint density at radius 2 is 1.31 bits per heavy atom. The second kappa shape index (κ2) is 7.66. The van der Waals surface area contributed by atoms with Crippen LogP contribution in [0.4, 0.5) is 0 Å². The number of rotatable bonds is 5. The van der Waals surface area contributed by atoms with E-state index in [2.05, 4.69) is 0 Å². The van der Waals surface area contributed by atoms with Gasteiger partial charge in [-0.05, 0) is 54.4 Å². The van der Waals surface area contributed by atoms with Crippen LogP contribution in [0.5, 0.6) is 23.0 Å². The van der Waals surface area contributed by atoms with E-state index in [-0.39, 0.29) is 17.2 Å². The van der Waals surface area contributed by atoms with Gasteiger partial charge in [0.1, 0.15) is 29.6 Å². The molecule has 0 unspecified atom stereocenters. The molecule has 0 radical (unpaired) electrons. The fourth-order valence-corrected chi connectivity index (χ4v) is 2.66. The van der Waals surface area contributed by atoms with Crippen LogP contribution in [0.15, 0.2) is 72.8 Å². The number of ether oxygens (including phenoxy) is 1. The summed E-state index contributed by atoms with van der Waals surface area (Å²) in [7, 11) is 0. The van der Waals surface area contributed by atoms with Gasteiger partial charge in [-0.2, -0.15) is 0 Å². The van der Waals surface area contributed by atoms with Crippen LogP contribution in [0.25, 0.3) is 22.3 Å². The van der Waals surface area contributed by atoms with Crippen molar-refractivity contribution in [2.75, 3.05) is 6.61 Å². The SMILES string of the molecule is C/C=C/COc1cc(-c2ccc(O)cc2)c(O)cc1-c1ccc(O)cc1. The molecule has 0 saturated carbocycles. The molecule has 0 heterocycles. The smallest absolute Gasteiger partial charge is 0.128 e. The minimum Gasteiger partial charge on any atom is -0.508 e. The molecule has 0 spiro atoms. The van der Waals surface area contributed by atoms with Crippen LogP contribution in [0, 0.1) is 0 Å². The van der Waals surface area contributed by atoms with Crippen molar-refractivity contribution in [2.45, 2.75) is 6.92 Å². The Morgan fingerprint density at radius 3 is 1.85 bits per heavy atom. The number of benzene rings is 3. The highest BCUT2D eigenvalue weighted by Crippen LogP contribution is 2.41. The summed E-state index contributed by atoms with van der Waals surface area (Å²) in [6, 6.07) is 16.8. The lowest BCUT2D eigenvalue weighted by Crippen LogP contribution is -1.96. The van der Waals surface area contributed by atoms with E-state index in [4.69, 9.17) is 4.74 Å². The molecule has 0 atom stereocenters. The van der Waals surface area contributed by atoms with Crippen molar-refractivity contribution in [2.24, 2.45) is 0 Å². The molecule has 3 N–H and O–H groups in total. The number of allylic oxidation sites excluding steroid dienone is 1. The van der Waals surface area contributed by atoms with E-state index >= 15 is 0 Å². The van der Waals surface area contributed by atoms with E-state index < -0.39 is 0 Å². The van der Waals surface area contributed by atoms with Crippen molar-refractivity contribution in [1.82, 2.24) is 0 Å². The van der Waals surface area contributed by atoms with Gasteiger partial charge in [-0.3, -0.25) is 0 Å². The molecule has 0 aliphatic carbocycles. The second-order valence-electron chi connectivity index (χ2n) is 5.84. The molecule has 0 fully saturated rings. The summed E-state index contributed by atoms with van der Waals surface area (Å²) in [5, 5.41) is 29.5. The lowest BCUT2D eigenvalue weighted by molar-refractivity contribution is 0.363. The maximum absolute atomic E-state index is 10.5. The van der Waals surface area contributed by atoms with Gasteiger partial charge in [0.25, 0.3) is 0 Å². The zero-order chi connectivity index (χ0) is 18.5. The largest absolute Gasteiger partial charge is 0.508 e. The molecule has 0 bridgehead atoms. The molecule has 3 rings (SSSR count). The van der Waals surface area contributed by atoms with Crippen molar-refractivity contribution in [3.8, 4) is 45.3 Å². The van der Waals surface area contributed by atoms with Crippen molar-refractivity contribution in [3.05, 3.63) is 72.8 Å². The molecule has 0 saturated heterocycles. The van der Waals surface area contributed by atoms with Gasteiger partial charge in [-0.15, -0.1) is 0 Å². The molecule has 26 heavy (non-hydrogen) atoms. The highest BCUT2D eigenvalue weighted by atomic mass is 16.5. The quantitative estimate of drug-likeness (QED) is 0.562. The summed E-state index contributed by atoms with van der Waals surface area (Å²) in [6.07, 6.45) is 3.80. The molecule has 3 aromatic carbocycles. The average molecular weight is 348 g/mol. The zero-order valence-electron chi connectivity index (χ0n) is 14.4. The maximum Gasteiger partial charge on any atom is 0.128 e. The summed E-state index contributed by atoms with van der Waals surface area (Å²) < 4.78 is 5.89. The van der Waals surface area contributed by atoms with E-state index in [9.17, 15) is 15.3 Å². The molecule has 3 aromatic rings. The van der Waals surface area contributed by atoms with Crippen LogP contribution in [0.2, 0.25) is 0 Å². The van der Waals surface area contributed by atoms with Gasteiger partial charge in [0.15, 0.2) is 0 Å². The Bertz CT molecular complexity index is 910. The van der Waals surface area contributed by atoms with E-state index in [1.807, 2.05) is 19.1 Å².